The fourth-order valence-electron chi connectivity index (χ4n) is 4.18. The average molecular weight is 294 g/mol. The van der Waals surface area contributed by atoms with Gasteiger partial charge in [0.05, 0.1) is 5.54 Å². The normalized spacial score (nSPS) is 38.0. The van der Waals surface area contributed by atoms with Crippen LogP contribution in [0.2, 0.25) is 0 Å². The average Bonchev–Trinajstić information content (AvgIpc) is 3.14. The predicted molar refractivity (Wildman–Crippen MR) is 84.0 cm³/mol. The molecule has 1 amide bonds. The standard InChI is InChI=1S/C16H30N4O/c1-19-9-3-4-14(11-19)20(2)13-7-8-16(10-13,15(17)21)18-12-5-6-12/h12-14,18H,3-11H2,1-2H3,(H2,17,21). The third-order valence-corrected chi connectivity index (χ3v) is 5.77. The molecule has 3 atom stereocenters. The molecule has 1 heterocycles. The summed E-state index contributed by atoms with van der Waals surface area (Å²) in [6.45, 7) is 2.36. The van der Waals surface area contributed by atoms with Crippen LogP contribution in [0.5, 0.6) is 0 Å². The molecule has 2 aliphatic carbocycles. The Labute approximate surface area is 128 Å². The summed E-state index contributed by atoms with van der Waals surface area (Å²) in [4.78, 5) is 17.0. The number of piperidine rings is 1. The van der Waals surface area contributed by atoms with Gasteiger partial charge in [-0.3, -0.25) is 9.69 Å². The van der Waals surface area contributed by atoms with E-state index in [9.17, 15) is 4.79 Å². The van der Waals surface area contributed by atoms with Crippen LogP contribution in [0, 0.1) is 0 Å². The maximum atomic E-state index is 12.0. The van der Waals surface area contributed by atoms with Crippen LogP contribution in [-0.2, 0) is 4.79 Å². The number of carbonyl (C=O) groups excluding carboxylic acids is 1. The van der Waals surface area contributed by atoms with Crippen LogP contribution in [0.25, 0.3) is 0 Å². The molecule has 0 bridgehead atoms. The lowest BCUT2D eigenvalue weighted by Gasteiger charge is -2.39. The van der Waals surface area contributed by atoms with Gasteiger partial charge in [0, 0.05) is 24.7 Å². The van der Waals surface area contributed by atoms with Crippen LogP contribution in [0.1, 0.15) is 44.9 Å². The topological polar surface area (TPSA) is 61.6 Å². The summed E-state index contributed by atoms with van der Waals surface area (Å²) in [6.07, 6.45) is 7.81. The summed E-state index contributed by atoms with van der Waals surface area (Å²) in [6, 6.07) is 1.64. The van der Waals surface area contributed by atoms with Gasteiger partial charge in [-0.2, -0.15) is 0 Å². The van der Waals surface area contributed by atoms with Crippen molar-refractivity contribution < 1.29 is 4.79 Å². The molecule has 1 aliphatic heterocycles. The molecule has 0 aromatic carbocycles. The van der Waals surface area contributed by atoms with Gasteiger partial charge < -0.3 is 16.0 Å². The van der Waals surface area contributed by atoms with Crippen molar-refractivity contribution in [3.8, 4) is 0 Å². The number of nitrogens with one attached hydrogen (secondary N) is 1. The second-order valence-corrected chi connectivity index (χ2v) is 7.49. The molecule has 2 saturated carbocycles. The van der Waals surface area contributed by atoms with Crippen LogP contribution in [-0.4, -0.2) is 66.6 Å². The molecule has 0 aromatic heterocycles. The Morgan fingerprint density at radius 3 is 2.67 bits per heavy atom. The van der Waals surface area contributed by atoms with Gasteiger partial charge in [-0.15, -0.1) is 0 Å². The first-order valence-corrected chi connectivity index (χ1v) is 8.48. The van der Waals surface area contributed by atoms with Gasteiger partial charge in [-0.05, 0) is 65.6 Å². The summed E-state index contributed by atoms with van der Waals surface area (Å²) < 4.78 is 0. The van der Waals surface area contributed by atoms with E-state index in [-0.39, 0.29) is 5.91 Å². The molecular weight excluding hydrogens is 264 g/mol. The minimum atomic E-state index is -0.444. The summed E-state index contributed by atoms with van der Waals surface area (Å²) in [7, 11) is 4.44. The molecule has 0 spiro atoms. The lowest BCUT2D eigenvalue weighted by Crippen LogP contribution is -2.56. The number of nitrogens with zero attached hydrogens (tertiary/aromatic N) is 2. The Hall–Kier alpha value is -0.650. The largest absolute Gasteiger partial charge is 0.368 e. The SMILES string of the molecule is CN1CCCC(N(C)C2CCC(NC3CC3)(C(N)=O)C2)C1. The van der Waals surface area contributed by atoms with Gasteiger partial charge in [-0.25, -0.2) is 0 Å². The summed E-state index contributed by atoms with van der Waals surface area (Å²) >= 11 is 0. The summed E-state index contributed by atoms with van der Waals surface area (Å²) in [5.41, 5.74) is 5.30. The summed E-state index contributed by atoms with van der Waals surface area (Å²) in [5, 5.41) is 3.55. The Kier molecular flexibility index (Phi) is 4.26. The molecule has 3 rings (SSSR count). The number of rotatable bonds is 5. The molecule has 0 aromatic rings. The number of likely N-dealkylation sites (N-methyl/N-ethyl adjacent to an activating group) is 2. The van der Waals surface area contributed by atoms with Crippen LogP contribution >= 0.6 is 0 Å². The molecule has 5 nitrogen and oxygen atoms in total. The fraction of sp³-hybridized carbons (Fsp3) is 0.938. The van der Waals surface area contributed by atoms with Crippen molar-refractivity contribution in [1.82, 2.24) is 15.1 Å². The Morgan fingerprint density at radius 2 is 2.05 bits per heavy atom. The Bertz CT molecular complexity index is 398. The van der Waals surface area contributed by atoms with E-state index in [1.54, 1.807) is 0 Å². The monoisotopic (exact) mass is 294 g/mol. The second kappa shape index (κ2) is 5.86. The van der Waals surface area contributed by atoms with Crippen molar-refractivity contribution >= 4 is 5.91 Å². The van der Waals surface area contributed by atoms with E-state index >= 15 is 0 Å². The number of primary amides is 1. The van der Waals surface area contributed by atoms with Crippen molar-refractivity contribution in [1.29, 1.82) is 0 Å². The lowest BCUT2D eigenvalue weighted by molar-refractivity contribution is -0.124. The quantitative estimate of drug-likeness (QED) is 0.777. The van der Waals surface area contributed by atoms with E-state index in [1.165, 1.54) is 32.2 Å². The van der Waals surface area contributed by atoms with E-state index in [1.807, 2.05) is 0 Å². The highest BCUT2D eigenvalue weighted by Crippen LogP contribution is 2.37. The lowest BCUT2D eigenvalue weighted by atomic mass is 9.95. The number of likely N-dealkylation sites (tertiary alicyclic amines) is 1. The highest BCUT2D eigenvalue weighted by Gasteiger charge is 2.48. The van der Waals surface area contributed by atoms with E-state index in [2.05, 4.69) is 29.2 Å². The first kappa shape index (κ1) is 15.3. The minimum Gasteiger partial charge on any atom is -0.368 e. The number of amides is 1. The van der Waals surface area contributed by atoms with Crippen molar-refractivity contribution in [3.63, 3.8) is 0 Å². The van der Waals surface area contributed by atoms with E-state index in [4.69, 9.17) is 5.73 Å². The van der Waals surface area contributed by atoms with E-state index in [0.717, 1.165) is 25.8 Å². The zero-order valence-electron chi connectivity index (χ0n) is 13.5. The second-order valence-electron chi connectivity index (χ2n) is 7.49. The first-order valence-electron chi connectivity index (χ1n) is 8.48. The third-order valence-electron chi connectivity index (χ3n) is 5.77. The molecule has 120 valence electrons. The molecule has 5 heteroatoms. The summed E-state index contributed by atoms with van der Waals surface area (Å²) in [5.74, 6) is -0.147. The Morgan fingerprint density at radius 1 is 1.29 bits per heavy atom. The zero-order chi connectivity index (χ0) is 15.0. The number of hydrogen-bond acceptors (Lipinski definition) is 4. The van der Waals surface area contributed by atoms with Crippen molar-refractivity contribution in [3.05, 3.63) is 0 Å². The highest BCUT2D eigenvalue weighted by atomic mass is 16.1. The molecular formula is C16H30N4O. The van der Waals surface area contributed by atoms with Crippen LogP contribution in [0.4, 0.5) is 0 Å². The molecule has 3 fully saturated rings. The van der Waals surface area contributed by atoms with E-state index < -0.39 is 5.54 Å². The van der Waals surface area contributed by atoms with Crippen molar-refractivity contribution in [2.75, 3.05) is 27.2 Å². The molecule has 3 unspecified atom stereocenters. The Balaban J connectivity index is 1.62. The van der Waals surface area contributed by atoms with E-state index in [0.29, 0.717) is 18.1 Å². The smallest absolute Gasteiger partial charge is 0.237 e. The van der Waals surface area contributed by atoms with Crippen LogP contribution < -0.4 is 11.1 Å². The maximum Gasteiger partial charge on any atom is 0.237 e. The van der Waals surface area contributed by atoms with Gasteiger partial charge in [0.25, 0.3) is 0 Å². The van der Waals surface area contributed by atoms with Gasteiger partial charge >= 0.3 is 0 Å². The molecule has 21 heavy (non-hydrogen) atoms. The van der Waals surface area contributed by atoms with Gasteiger partial charge in [-0.1, -0.05) is 0 Å². The zero-order valence-corrected chi connectivity index (χ0v) is 13.5. The third kappa shape index (κ3) is 3.25. The van der Waals surface area contributed by atoms with Crippen molar-refractivity contribution in [2.45, 2.75) is 68.6 Å². The first-order chi connectivity index (χ1) is 10.00. The number of nitrogens with two attached hydrogens (primary N) is 1. The predicted octanol–water partition coefficient (Wildman–Crippen LogP) is 0.541. The molecule has 3 aliphatic rings. The molecule has 3 N–H and O–H groups in total. The van der Waals surface area contributed by atoms with Crippen LogP contribution in [0.3, 0.4) is 0 Å². The molecule has 0 radical (unpaired) electrons. The number of hydrogen-bond donors (Lipinski definition) is 2. The maximum absolute atomic E-state index is 12.0. The fourth-order valence-corrected chi connectivity index (χ4v) is 4.18. The van der Waals surface area contributed by atoms with Crippen LogP contribution in [0.15, 0.2) is 0 Å². The van der Waals surface area contributed by atoms with Gasteiger partial charge in [0.2, 0.25) is 5.91 Å². The van der Waals surface area contributed by atoms with Crippen molar-refractivity contribution in [2.24, 2.45) is 5.73 Å². The van der Waals surface area contributed by atoms with Gasteiger partial charge in [0.1, 0.15) is 0 Å². The highest BCUT2D eigenvalue weighted by molar-refractivity contribution is 5.85. The number of carbonyl (C=O) groups is 1. The van der Waals surface area contributed by atoms with Gasteiger partial charge in [0.15, 0.2) is 0 Å². The minimum absolute atomic E-state index is 0.147. The molecule has 1 saturated heterocycles.